The van der Waals surface area contributed by atoms with Crippen molar-refractivity contribution in [2.75, 3.05) is 20.8 Å². The standard InChI is InChI=1S/C18H25N3O3/c1-20(12-14-6-8-15(24-2)9-7-14)13-21-16(22)18(19-17(21)23)10-4-3-5-11-18/h6-9H,3-5,10-13H2,1-2H3,(H,19,23)/p+1. The van der Waals surface area contributed by atoms with Crippen molar-refractivity contribution < 1.29 is 19.2 Å². The molecule has 1 saturated carbocycles. The average Bonchev–Trinajstić information content (AvgIpc) is 2.80. The van der Waals surface area contributed by atoms with Crippen LogP contribution in [0.15, 0.2) is 24.3 Å². The quantitative estimate of drug-likeness (QED) is 0.788. The lowest BCUT2D eigenvalue weighted by Gasteiger charge is -2.30. The van der Waals surface area contributed by atoms with Gasteiger partial charge in [0, 0.05) is 5.56 Å². The van der Waals surface area contributed by atoms with Gasteiger partial charge >= 0.3 is 6.03 Å². The van der Waals surface area contributed by atoms with E-state index in [1.54, 1.807) is 7.11 Å². The third-order valence-electron chi connectivity index (χ3n) is 5.05. The van der Waals surface area contributed by atoms with Crippen LogP contribution in [0.2, 0.25) is 0 Å². The van der Waals surface area contributed by atoms with Gasteiger partial charge in [-0.15, -0.1) is 0 Å². The smallest absolute Gasteiger partial charge is 0.329 e. The Hall–Kier alpha value is -2.08. The maximum absolute atomic E-state index is 12.8. The summed E-state index contributed by atoms with van der Waals surface area (Å²) in [5.41, 5.74) is 0.517. The number of carbonyl (C=O) groups excluding carboxylic acids is 2. The third-order valence-corrected chi connectivity index (χ3v) is 5.05. The summed E-state index contributed by atoms with van der Waals surface area (Å²) in [5.74, 6) is 0.783. The van der Waals surface area contributed by atoms with Crippen molar-refractivity contribution in [3.05, 3.63) is 29.8 Å². The number of nitrogens with zero attached hydrogens (tertiary/aromatic N) is 1. The van der Waals surface area contributed by atoms with Crippen LogP contribution < -0.4 is 15.0 Å². The van der Waals surface area contributed by atoms with Gasteiger partial charge in [-0.3, -0.25) is 4.79 Å². The van der Waals surface area contributed by atoms with Gasteiger partial charge in [0.25, 0.3) is 5.91 Å². The molecule has 1 heterocycles. The highest BCUT2D eigenvalue weighted by Crippen LogP contribution is 2.33. The fourth-order valence-electron chi connectivity index (χ4n) is 3.73. The Morgan fingerprint density at radius 3 is 2.46 bits per heavy atom. The minimum atomic E-state index is -0.629. The van der Waals surface area contributed by atoms with Crippen LogP contribution in [-0.4, -0.2) is 43.2 Å². The highest BCUT2D eigenvalue weighted by atomic mass is 16.5. The van der Waals surface area contributed by atoms with Crippen LogP contribution in [0.5, 0.6) is 5.75 Å². The van der Waals surface area contributed by atoms with Gasteiger partial charge in [-0.1, -0.05) is 19.3 Å². The molecule has 24 heavy (non-hydrogen) atoms. The number of benzene rings is 1. The Kier molecular flexibility index (Phi) is 4.76. The van der Waals surface area contributed by atoms with Crippen LogP contribution in [0, 0.1) is 0 Å². The highest BCUT2D eigenvalue weighted by Gasteiger charge is 2.52. The van der Waals surface area contributed by atoms with E-state index in [0.29, 0.717) is 6.67 Å². The average molecular weight is 332 g/mol. The van der Waals surface area contributed by atoms with Crippen LogP contribution in [0.25, 0.3) is 0 Å². The number of hydrogen-bond acceptors (Lipinski definition) is 3. The Morgan fingerprint density at radius 1 is 1.17 bits per heavy atom. The monoisotopic (exact) mass is 332 g/mol. The molecule has 2 fully saturated rings. The first-order valence-electron chi connectivity index (χ1n) is 8.62. The first kappa shape index (κ1) is 16.8. The lowest BCUT2D eigenvalue weighted by Crippen LogP contribution is -3.09. The molecule has 130 valence electrons. The summed E-state index contributed by atoms with van der Waals surface area (Å²) in [6.45, 7) is 1.13. The number of amides is 3. The van der Waals surface area contributed by atoms with Gasteiger partial charge in [-0.05, 0) is 37.1 Å². The SMILES string of the molecule is COc1ccc(C[NH+](C)CN2C(=O)NC3(CCCCC3)C2=O)cc1. The van der Waals surface area contributed by atoms with Gasteiger partial charge in [0.15, 0.2) is 6.67 Å². The summed E-state index contributed by atoms with van der Waals surface area (Å²) in [6.07, 6.45) is 4.70. The second-order valence-electron chi connectivity index (χ2n) is 6.95. The zero-order valence-electron chi connectivity index (χ0n) is 14.4. The Labute approximate surface area is 142 Å². The molecule has 3 amide bonds. The molecule has 0 aromatic heterocycles. The molecule has 2 N–H and O–H groups in total. The Bertz CT molecular complexity index is 608. The first-order valence-corrected chi connectivity index (χ1v) is 8.62. The molecular weight excluding hydrogens is 306 g/mol. The summed E-state index contributed by atoms with van der Waals surface area (Å²) in [4.78, 5) is 27.6. The van der Waals surface area contributed by atoms with E-state index < -0.39 is 5.54 Å². The molecule has 1 spiro atoms. The summed E-state index contributed by atoms with van der Waals surface area (Å²) in [5, 5.41) is 2.96. The number of quaternary nitrogens is 1. The van der Waals surface area contributed by atoms with E-state index in [-0.39, 0.29) is 11.9 Å². The van der Waals surface area contributed by atoms with Crippen LogP contribution in [-0.2, 0) is 11.3 Å². The molecule has 2 aliphatic rings. The number of hydrogen-bond donors (Lipinski definition) is 2. The van der Waals surface area contributed by atoms with Gasteiger partial charge in [0.1, 0.15) is 17.8 Å². The van der Waals surface area contributed by atoms with E-state index >= 15 is 0 Å². The predicted molar refractivity (Wildman–Crippen MR) is 89.6 cm³/mol. The topological polar surface area (TPSA) is 63.1 Å². The van der Waals surface area contributed by atoms with Crippen LogP contribution >= 0.6 is 0 Å². The first-order chi connectivity index (χ1) is 11.5. The van der Waals surface area contributed by atoms with Crippen molar-refractivity contribution in [3.8, 4) is 5.75 Å². The zero-order valence-corrected chi connectivity index (χ0v) is 14.4. The van der Waals surface area contributed by atoms with Crippen molar-refractivity contribution in [1.82, 2.24) is 10.2 Å². The summed E-state index contributed by atoms with van der Waals surface area (Å²) < 4.78 is 5.16. The molecular formula is C18H26N3O3+. The van der Waals surface area contributed by atoms with Crippen molar-refractivity contribution >= 4 is 11.9 Å². The molecule has 1 aliphatic carbocycles. The Morgan fingerprint density at radius 2 is 1.83 bits per heavy atom. The van der Waals surface area contributed by atoms with Crippen molar-refractivity contribution in [2.45, 2.75) is 44.2 Å². The molecule has 1 aromatic rings. The molecule has 1 aromatic carbocycles. The third kappa shape index (κ3) is 3.24. The lowest BCUT2D eigenvalue weighted by atomic mass is 9.82. The second-order valence-corrected chi connectivity index (χ2v) is 6.95. The molecule has 6 nitrogen and oxygen atoms in total. The second kappa shape index (κ2) is 6.81. The van der Waals surface area contributed by atoms with Crippen LogP contribution in [0.3, 0.4) is 0 Å². The number of carbonyl (C=O) groups is 2. The number of methoxy groups -OCH3 is 1. The van der Waals surface area contributed by atoms with E-state index in [1.807, 2.05) is 31.3 Å². The van der Waals surface area contributed by atoms with Crippen LogP contribution in [0.1, 0.15) is 37.7 Å². The highest BCUT2D eigenvalue weighted by molar-refractivity contribution is 6.06. The zero-order chi connectivity index (χ0) is 17.2. The van der Waals surface area contributed by atoms with E-state index in [0.717, 1.165) is 54.9 Å². The van der Waals surface area contributed by atoms with Gasteiger partial charge in [-0.2, -0.15) is 0 Å². The number of urea groups is 1. The summed E-state index contributed by atoms with van der Waals surface area (Å²) >= 11 is 0. The number of imide groups is 1. The fraction of sp³-hybridized carbons (Fsp3) is 0.556. The van der Waals surface area contributed by atoms with Gasteiger partial charge < -0.3 is 15.0 Å². The summed E-state index contributed by atoms with van der Waals surface area (Å²) in [6, 6.07) is 7.63. The van der Waals surface area contributed by atoms with Crippen molar-refractivity contribution in [2.24, 2.45) is 0 Å². The molecule has 6 heteroatoms. The molecule has 0 bridgehead atoms. The van der Waals surface area contributed by atoms with Crippen molar-refractivity contribution in [3.63, 3.8) is 0 Å². The maximum atomic E-state index is 12.8. The maximum Gasteiger partial charge on any atom is 0.329 e. The number of nitrogens with one attached hydrogen (secondary N) is 2. The largest absolute Gasteiger partial charge is 0.497 e. The predicted octanol–water partition coefficient (Wildman–Crippen LogP) is 0.922. The van der Waals surface area contributed by atoms with E-state index in [1.165, 1.54) is 4.90 Å². The number of ether oxygens (including phenoxy) is 1. The van der Waals surface area contributed by atoms with Gasteiger partial charge in [-0.25, -0.2) is 9.69 Å². The van der Waals surface area contributed by atoms with Gasteiger partial charge in [0.2, 0.25) is 0 Å². The summed E-state index contributed by atoms with van der Waals surface area (Å²) in [7, 11) is 3.64. The lowest BCUT2D eigenvalue weighted by molar-refractivity contribution is -0.901. The molecule has 0 radical (unpaired) electrons. The van der Waals surface area contributed by atoms with Gasteiger partial charge in [0.05, 0.1) is 14.2 Å². The number of rotatable bonds is 5. The molecule has 1 saturated heterocycles. The van der Waals surface area contributed by atoms with E-state index in [2.05, 4.69) is 5.32 Å². The Balaban J connectivity index is 1.62. The van der Waals surface area contributed by atoms with E-state index in [4.69, 9.17) is 4.74 Å². The normalized spacial score (nSPS) is 21.0. The minimum absolute atomic E-state index is 0.0405. The molecule has 1 aliphatic heterocycles. The fourth-order valence-corrected chi connectivity index (χ4v) is 3.73. The van der Waals surface area contributed by atoms with E-state index in [9.17, 15) is 9.59 Å². The van der Waals surface area contributed by atoms with Crippen molar-refractivity contribution in [1.29, 1.82) is 0 Å². The molecule has 1 unspecified atom stereocenters. The van der Waals surface area contributed by atoms with Crippen LogP contribution in [0.4, 0.5) is 4.79 Å². The molecule has 1 atom stereocenters. The minimum Gasteiger partial charge on any atom is -0.497 e. The molecule has 3 rings (SSSR count).